The molecule has 5 aromatic rings. The van der Waals surface area contributed by atoms with E-state index in [1.165, 1.54) is 5.56 Å². The standard InChI is InChI=1S/C28H24N4O2S/c1-17-7-9-19(10-8-17)16-34-21-13-11-20(12-14-21)22-15-25(33)30-27-26(22)18(2)31-32(27)28-29-23-5-3-4-6-24(23)35-28/h3-14,22H,15-16H2,1-2H3,(H,30,33)/t22-/m1/s1. The first-order chi connectivity index (χ1) is 17.0. The van der Waals surface area contributed by atoms with Crippen LogP contribution >= 0.6 is 11.3 Å². The average molecular weight is 481 g/mol. The molecule has 0 unspecified atom stereocenters. The van der Waals surface area contributed by atoms with Crippen LogP contribution in [-0.2, 0) is 11.4 Å². The fraction of sp³-hybridized carbons (Fsp3) is 0.179. The van der Waals surface area contributed by atoms with Crippen molar-refractivity contribution in [1.82, 2.24) is 14.8 Å². The third-order valence-corrected chi connectivity index (χ3v) is 7.39. The number of fused-ring (bicyclic) bond motifs is 2. The predicted octanol–water partition coefficient (Wildman–Crippen LogP) is 6.15. The molecule has 0 saturated heterocycles. The zero-order chi connectivity index (χ0) is 23.9. The Labute approximate surface area is 207 Å². The summed E-state index contributed by atoms with van der Waals surface area (Å²) in [7, 11) is 0. The van der Waals surface area contributed by atoms with Crippen LogP contribution in [-0.4, -0.2) is 20.7 Å². The Balaban J connectivity index is 1.29. The number of rotatable bonds is 5. The quantitative estimate of drug-likeness (QED) is 0.327. The highest BCUT2D eigenvalue weighted by Crippen LogP contribution is 2.41. The van der Waals surface area contributed by atoms with E-state index in [1.54, 1.807) is 16.0 Å². The number of aromatic nitrogens is 3. The topological polar surface area (TPSA) is 69.0 Å². The highest BCUT2D eigenvalue weighted by atomic mass is 32.1. The largest absolute Gasteiger partial charge is 0.489 e. The van der Waals surface area contributed by atoms with Crippen molar-refractivity contribution in [3.05, 3.63) is 101 Å². The molecule has 1 N–H and O–H groups in total. The number of carbonyl (C=O) groups is 1. The average Bonchev–Trinajstić information content (AvgIpc) is 3.44. The van der Waals surface area contributed by atoms with Crippen LogP contribution in [0.5, 0.6) is 5.75 Å². The lowest BCUT2D eigenvalue weighted by molar-refractivity contribution is -0.116. The molecule has 1 aliphatic rings. The van der Waals surface area contributed by atoms with E-state index in [1.807, 2.05) is 55.5 Å². The number of amides is 1. The number of thiazole rings is 1. The lowest BCUT2D eigenvalue weighted by Crippen LogP contribution is -2.24. The Kier molecular flexibility index (Phi) is 5.34. The summed E-state index contributed by atoms with van der Waals surface area (Å²) >= 11 is 1.56. The van der Waals surface area contributed by atoms with E-state index in [0.717, 1.165) is 43.5 Å². The van der Waals surface area contributed by atoms with Crippen molar-refractivity contribution in [1.29, 1.82) is 0 Å². The van der Waals surface area contributed by atoms with E-state index in [4.69, 9.17) is 14.8 Å². The van der Waals surface area contributed by atoms with Gasteiger partial charge in [0.1, 0.15) is 18.2 Å². The highest BCUT2D eigenvalue weighted by Gasteiger charge is 2.33. The van der Waals surface area contributed by atoms with Crippen LogP contribution in [0.4, 0.5) is 5.82 Å². The minimum Gasteiger partial charge on any atom is -0.489 e. The summed E-state index contributed by atoms with van der Waals surface area (Å²) in [5, 5.41) is 8.58. The number of anilines is 1. The first-order valence-electron chi connectivity index (χ1n) is 11.6. The Morgan fingerprint density at radius 2 is 1.80 bits per heavy atom. The number of ether oxygens (including phenoxy) is 1. The molecule has 1 atom stereocenters. The molecule has 1 amide bonds. The van der Waals surface area contributed by atoms with Gasteiger partial charge in [0.05, 0.1) is 15.9 Å². The maximum Gasteiger partial charge on any atom is 0.226 e. The van der Waals surface area contributed by atoms with Crippen molar-refractivity contribution in [3.63, 3.8) is 0 Å². The molecular formula is C28H24N4O2S. The van der Waals surface area contributed by atoms with Gasteiger partial charge in [-0.1, -0.05) is 65.4 Å². The summed E-state index contributed by atoms with van der Waals surface area (Å²) < 4.78 is 8.84. The van der Waals surface area contributed by atoms with Crippen molar-refractivity contribution in [2.45, 2.75) is 32.8 Å². The van der Waals surface area contributed by atoms with Crippen molar-refractivity contribution >= 4 is 33.3 Å². The molecule has 3 aromatic carbocycles. The van der Waals surface area contributed by atoms with Crippen LogP contribution in [0.1, 0.15) is 40.3 Å². The Morgan fingerprint density at radius 1 is 1.03 bits per heavy atom. The third kappa shape index (κ3) is 4.08. The van der Waals surface area contributed by atoms with Crippen LogP contribution in [0.25, 0.3) is 15.3 Å². The summed E-state index contributed by atoms with van der Waals surface area (Å²) in [5.41, 5.74) is 6.29. The summed E-state index contributed by atoms with van der Waals surface area (Å²) in [6.45, 7) is 4.58. The van der Waals surface area contributed by atoms with Crippen LogP contribution in [0.15, 0.2) is 72.8 Å². The lowest BCUT2D eigenvalue weighted by atomic mass is 9.86. The van der Waals surface area contributed by atoms with E-state index in [9.17, 15) is 4.79 Å². The summed E-state index contributed by atoms with van der Waals surface area (Å²) in [5.74, 6) is 1.41. The van der Waals surface area contributed by atoms with Gasteiger partial charge in [0.25, 0.3) is 0 Å². The number of hydrogen-bond donors (Lipinski definition) is 1. The molecule has 0 aliphatic carbocycles. The van der Waals surface area contributed by atoms with Gasteiger partial charge in [-0.15, -0.1) is 0 Å². The summed E-state index contributed by atoms with van der Waals surface area (Å²) in [4.78, 5) is 17.5. The lowest BCUT2D eigenvalue weighted by Gasteiger charge is -2.24. The number of hydrogen-bond acceptors (Lipinski definition) is 5. The van der Waals surface area contributed by atoms with Gasteiger partial charge in [0, 0.05) is 17.9 Å². The SMILES string of the molecule is Cc1ccc(COc2ccc([C@H]3CC(=O)Nc4c3c(C)nn4-c3nc4ccccc4s3)cc2)cc1. The monoisotopic (exact) mass is 480 g/mol. The van der Waals surface area contributed by atoms with Crippen LogP contribution in [0.2, 0.25) is 0 Å². The van der Waals surface area contributed by atoms with Gasteiger partial charge in [0.2, 0.25) is 11.0 Å². The molecule has 1 aliphatic heterocycles. The summed E-state index contributed by atoms with van der Waals surface area (Å²) in [6.07, 6.45) is 0.378. The molecular weight excluding hydrogens is 456 g/mol. The van der Waals surface area contributed by atoms with Crippen molar-refractivity contribution in [2.24, 2.45) is 0 Å². The van der Waals surface area contributed by atoms with Gasteiger partial charge in [-0.2, -0.15) is 9.78 Å². The Bertz CT molecular complexity index is 1500. The van der Waals surface area contributed by atoms with Crippen LogP contribution < -0.4 is 10.1 Å². The predicted molar refractivity (Wildman–Crippen MR) is 139 cm³/mol. The molecule has 0 radical (unpaired) electrons. The van der Waals surface area contributed by atoms with Gasteiger partial charge >= 0.3 is 0 Å². The van der Waals surface area contributed by atoms with Crippen molar-refractivity contribution < 1.29 is 9.53 Å². The molecule has 0 spiro atoms. The Morgan fingerprint density at radius 3 is 2.57 bits per heavy atom. The minimum atomic E-state index is -0.0759. The highest BCUT2D eigenvalue weighted by molar-refractivity contribution is 7.20. The summed E-state index contributed by atoms with van der Waals surface area (Å²) in [6, 6.07) is 24.4. The molecule has 6 rings (SSSR count). The van der Waals surface area contributed by atoms with E-state index >= 15 is 0 Å². The van der Waals surface area contributed by atoms with E-state index in [0.29, 0.717) is 18.8 Å². The molecule has 7 heteroatoms. The minimum absolute atomic E-state index is 0.0236. The van der Waals surface area contributed by atoms with Gasteiger partial charge in [-0.3, -0.25) is 4.79 Å². The first kappa shape index (κ1) is 21.6. The van der Waals surface area contributed by atoms with Gasteiger partial charge in [0.15, 0.2) is 0 Å². The van der Waals surface area contributed by atoms with Crippen molar-refractivity contribution in [3.8, 4) is 10.9 Å². The number of nitrogens with zero attached hydrogens (tertiary/aromatic N) is 3. The maximum absolute atomic E-state index is 12.7. The molecule has 2 aromatic heterocycles. The number of carbonyl (C=O) groups excluding carboxylic acids is 1. The number of nitrogens with one attached hydrogen (secondary N) is 1. The Hall–Kier alpha value is -3.97. The molecule has 0 saturated carbocycles. The van der Waals surface area contributed by atoms with Gasteiger partial charge < -0.3 is 10.1 Å². The fourth-order valence-electron chi connectivity index (χ4n) is 4.57. The number of para-hydroxylation sites is 1. The molecule has 174 valence electrons. The van der Waals surface area contributed by atoms with E-state index in [2.05, 4.69) is 36.5 Å². The van der Waals surface area contributed by atoms with E-state index < -0.39 is 0 Å². The molecule has 3 heterocycles. The zero-order valence-electron chi connectivity index (χ0n) is 19.5. The first-order valence-corrected chi connectivity index (χ1v) is 12.4. The second kappa shape index (κ2) is 8.67. The number of aryl methyl sites for hydroxylation is 2. The second-order valence-corrected chi connectivity index (χ2v) is 9.88. The van der Waals surface area contributed by atoms with Crippen LogP contribution in [0.3, 0.4) is 0 Å². The van der Waals surface area contributed by atoms with Crippen molar-refractivity contribution in [2.75, 3.05) is 5.32 Å². The molecule has 0 bridgehead atoms. The smallest absolute Gasteiger partial charge is 0.226 e. The zero-order valence-corrected chi connectivity index (χ0v) is 20.3. The number of benzene rings is 3. The molecule has 6 nitrogen and oxygen atoms in total. The maximum atomic E-state index is 12.7. The third-order valence-electron chi connectivity index (χ3n) is 6.37. The van der Waals surface area contributed by atoms with Gasteiger partial charge in [-0.25, -0.2) is 4.98 Å². The van der Waals surface area contributed by atoms with Crippen LogP contribution in [0, 0.1) is 13.8 Å². The molecule has 35 heavy (non-hydrogen) atoms. The molecule has 0 fully saturated rings. The van der Waals surface area contributed by atoms with E-state index in [-0.39, 0.29) is 11.8 Å². The normalized spacial score (nSPS) is 15.1. The van der Waals surface area contributed by atoms with Gasteiger partial charge in [-0.05, 0) is 49.2 Å². The fourth-order valence-corrected chi connectivity index (χ4v) is 5.49. The second-order valence-electron chi connectivity index (χ2n) is 8.87.